The van der Waals surface area contributed by atoms with Gasteiger partial charge in [0.05, 0.1) is 28.1 Å². The number of hydrogen-bond donors (Lipinski definition) is 0. The lowest BCUT2D eigenvalue weighted by molar-refractivity contribution is -0.384. The van der Waals surface area contributed by atoms with E-state index in [1.54, 1.807) is 4.68 Å². The molecule has 0 aliphatic rings. The van der Waals surface area contributed by atoms with E-state index in [1.165, 1.54) is 12.1 Å². The molecule has 0 amide bonds. The summed E-state index contributed by atoms with van der Waals surface area (Å²) in [6.45, 7) is 0.518. The topological polar surface area (TPSA) is 102 Å². The second-order valence-electron chi connectivity index (χ2n) is 6.45. The molecule has 0 unspecified atom stereocenters. The zero-order chi connectivity index (χ0) is 19.3. The lowest BCUT2D eigenvalue weighted by Crippen LogP contribution is -2.03. The van der Waals surface area contributed by atoms with Crippen molar-refractivity contribution >= 4 is 33.1 Å². The number of nitriles is 1. The Hall–Kier alpha value is -4.25. The van der Waals surface area contributed by atoms with Crippen LogP contribution in [-0.2, 0) is 6.54 Å². The van der Waals surface area contributed by atoms with Crippen LogP contribution in [0.5, 0.6) is 0 Å². The number of nitro groups is 1. The number of non-ortho nitro benzene ring substituents is 1. The number of nitrogens with zero attached hydrogens (tertiary/aromatic N) is 6. The molecule has 3 heterocycles. The average Bonchev–Trinajstić information content (AvgIpc) is 3.35. The highest BCUT2D eigenvalue weighted by molar-refractivity contribution is 6.11. The zero-order valence-corrected chi connectivity index (χ0v) is 14.5. The normalized spacial score (nSPS) is 11.2. The van der Waals surface area contributed by atoms with Gasteiger partial charge in [-0.2, -0.15) is 5.26 Å². The van der Waals surface area contributed by atoms with Crippen LogP contribution in [0.3, 0.4) is 0 Å². The summed E-state index contributed by atoms with van der Waals surface area (Å²) < 4.78 is 3.65. The first kappa shape index (κ1) is 16.0. The standard InChI is InChI=1S/C20H12N6O2/c21-11-14-9-15(26(27)28)10-16-18-20(17-7-4-8-24(17)19(14)16)25(23-22-18)12-13-5-2-1-3-6-13/h1-10H,12H2. The van der Waals surface area contributed by atoms with E-state index in [0.717, 1.165) is 16.6 Å². The molecule has 134 valence electrons. The van der Waals surface area contributed by atoms with Crippen LogP contribution >= 0.6 is 0 Å². The van der Waals surface area contributed by atoms with Crippen LogP contribution in [0.15, 0.2) is 60.8 Å². The van der Waals surface area contributed by atoms with E-state index in [-0.39, 0.29) is 11.3 Å². The second kappa shape index (κ2) is 5.89. The summed E-state index contributed by atoms with van der Waals surface area (Å²) in [5.41, 5.74) is 3.89. The first-order valence-corrected chi connectivity index (χ1v) is 8.56. The fourth-order valence-corrected chi connectivity index (χ4v) is 3.63. The molecule has 0 N–H and O–H groups in total. The lowest BCUT2D eigenvalue weighted by Gasteiger charge is -2.09. The molecule has 8 nitrogen and oxygen atoms in total. The monoisotopic (exact) mass is 368 g/mol. The molecule has 28 heavy (non-hydrogen) atoms. The summed E-state index contributed by atoms with van der Waals surface area (Å²) in [5, 5.41) is 30.1. The van der Waals surface area contributed by atoms with E-state index in [4.69, 9.17) is 0 Å². The molecule has 3 aromatic heterocycles. The molecule has 0 aliphatic carbocycles. The van der Waals surface area contributed by atoms with Gasteiger partial charge in [-0.15, -0.1) is 5.10 Å². The molecule has 0 saturated carbocycles. The largest absolute Gasteiger partial charge is 0.313 e. The molecule has 5 rings (SSSR count). The van der Waals surface area contributed by atoms with Crippen molar-refractivity contribution in [1.82, 2.24) is 19.4 Å². The molecule has 0 atom stereocenters. The second-order valence-corrected chi connectivity index (χ2v) is 6.45. The summed E-state index contributed by atoms with van der Waals surface area (Å²) in [6.07, 6.45) is 1.84. The molecular weight excluding hydrogens is 356 g/mol. The molecule has 0 bridgehead atoms. The fraction of sp³-hybridized carbons (Fsp3) is 0.0500. The number of pyridine rings is 1. The minimum atomic E-state index is -0.500. The molecular formula is C20H12N6O2. The molecule has 2 aromatic carbocycles. The first-order valence-electron chi connectivity index (χ1n) is 8.56. The Morgan fingerprint density at radius 1 is 1.11 bits per heavy atom. The Labute approximate surface area is 158 Å². The maximum absolute atomic E-state index is 11.4. The summed E-state index contributed by atoms with van der Waals surface area (Å²) in [6, 6.07) is 18.5. The van der Waals surface area contributed by atoms with Crippen molar-refractivity contribution in [2.45, 2.75) is 6.54 Å². The molecule has 8 heteroatoms. The van der Waals surface area contributed by atoms with E-state index < -0.39 is 4.92 Å². The maximum atomic E-state index is 11.4. The Morgan fingerprint density at radius 3 is 2.68 bits per heavy atom. The minimum absolute atomic E-state index is 0.144. The number of benzene rings is 2. The van der Waals surface area contributed by atoms with Crippen LogP contribution < -0.4 is 0 Å². The van der Waals surface area contributed by atoms with Gasteiger partial charge < -0.3 is 4.40 Å². The van der Waals surface area contributed by atoms with Crippen molar-refractivity contribution in [2.75, 3.05) is 0 Å². The predicted molar refractivity (Wildman–Crippen MR) is 103 cm³/mol. The highest BCUT2D eigenvalue weighted by Gasteiger charge is 2.20. The third-order valence-corrected chi connectivity index (χ3v) is 4.82. The van der Waals surface area contributed by atoms with E-state index >= 15 is 0 Å². The van der Waals surface area contributed by atoms with Gasteiger partial charge in [-0.3, -0.25) is 10.1 Å². The number of fused-ring (bicyclic) bond motifs is 6. The van der Waals surface area contributed by atoms with Gasteiger partial charge in [0, 0.05) is 23.7 Å². The molecule has 0 fully saturated rings. The Balaban J connectivity index is 1.90. The third-order valence-electron chi connectivity index (χ3n) is 4.82. The molecule has 5 aromatic rings. The Bertz CT molecular complexity index is 1430. The summed E-state index contributed by atoms with van der Waals surface area (Å²) in [4.78, 5) is 10.9. The van der Waals surface area contributed by atoms with Crippen molar-refractivity contribution in [1.29, 1.82) is 5.26 Å². The Morgan fingerprint density at radius 2 is 1.93 bits per heavy atom. The van der Waals surface area contributed by atoms with E-state index in [1.807, 2.05) is 53.1 Å². The minimum Gasteiger partial charge on any atom is -0.313 e. The first-order chi connectivity index (χ1) is 13.7. The van der Waals surface area contributed by atoms with Gasteiger partial charge in [0.25, 0.3) is 5.69 Å². The SMILES string of the molecule is N#Cc1cc([N+](=O)[O-])cc2c3nnn(Cc4ccccc4)c3c3cccn3c12. The van der Waals surface area contributed by atoms with Gasteiger partial charge in [0.1, 0.15) is 17.1 Å². The number of nitro benzene ring substituents is 1. The van der Waals surface area contributed by atoms with Crippen molar-refractivity contribution in [3.63, 3.8) is 0 Å². The van der Waals surface area contributed by atoms with Gasteiger partial charge >= 0.3 is 0 Å². The highest BCUT2D eigenvalue weighted by Crippen LogP contribution is 2.33. The van der Waals surface area contributed by atoms with E-state index in [2.05, 4.69) is 16.4 Å². The summed E-state index contributed by atoms with van der Waals surface area (Å²) in [7, 11) is 0. The molecule has 0 saturated heterocycles. The Kier molecular flexibility index (Phi) is 3.36. The van der Waals surface area contributed by atoms with Crippen molar-refractivity contribution < 1.29 is 4.92 Å². The number of rotatable bonds is 3. The van der Waals surface area contributed by atoms with Crippen LogP contribution in [0, 0.1) is 21.4 Å². The van der Waals surface area contributed by atoms with Crippen LogP contribution in [0.2, 0.25) is 0 Å². The van der Waals surface area contributed by atoms with Gasteiger partial charge in [-0.1, -0.05) is 35.5 Å². The van der Waals surface area contributed by atoms with E-state index in [0.29, 0.717) is 23.0 Å². The molecule has 0 spiro atoms. The van der Waals surface area contributed by atoms with Gasteiger partial charge in [0.15, 0.2) is 0 Å². The van der Waals surface area contributed by atoms with Gasteiger partial charge in [-0.05, 0) is 17.7 Å². The number of hydrogen-bond acceptors (Lipinski definition) is 5. The lowest BCUT2D eigenvalue weighted by atomic mass is 10.1. The smallest absolute Gasteiger partial charge is 0.271 e. The molecule has 0 aliphatic heterocycles. The van der Waals surface area contributed by atoms with Crippen LogP contribution in [0.1, 0.15) is 11.1 Å². The zero-order valence-electron chi connectivity index (χ0n) is 14.5. The van der Waals surface area contributed by atoms with Gasteiger partial charge in [0.2, 0.25) is 0 Å². The predicted octanol–water partition coefficient (Wildman–Crippen LogP) is 3.67. The average molecular weight is 368 g/mol. The van der Waals surface area contributed by atoms with Gasteiger partial charge in [-0.25, -0.2) is 4.68 Å². The summed E-state index contributed by atoms with van der Waals surface area (Å²) >= 11 is 0. The van der Waals surface area contributed by atoms with Crippen LogP contribution in [0.4, 0.5) is 5.69 Å². The molecule has 0 radical (unpaired) electrons. The third kappa shape index (κ3) is 2.23. The number of aromatic nitrogens is 4. The van der Waals surface area contributed by atoms with Crippen molar-refractivity contribution in [3.8, 4) is 6.07 Å². The van der Waals surface area contributed by atoms with Crippen LogP contribution in [-0.4, -0.2) is 24.3 Å². The highest BCUT2D eigenvalue weighted by atomic mass is 16.6. The van der Waals surface area contributed by atoms with Crippen molar-refractivity contribution in [3.05, 3.63) is 82.0 Å². The quantitative estimate of drug-likeness (QED) is 0.357. The van der Waals surface area contributed by atoms with Crippen LogP contribution in [0.25, 0.3) is 27.5 Å². The fourth-order valence-electron chi connectivity index (χ4n) is 3.63. The maximum Gasteiger partial charge on any atom is 0.271 e. The van der Waals surface area contributed by atoms with Crippen molar-refractivity contribution in [2.24, 2.45) is 0 Å². The van der Waals surface area contributed by atoms with E-state index in [9.17, 15) is 15.4 Å². The summed E-state index contributed by atoms with van der Waals surface area (Å²) in [5.74, 6) is 0.